The quantitative estimate of drug-likeness (QED) is 0.673. The molecule has 1 unspecified atom stereocenters. The van der Waals surface area contributed by atoms with Gasteiger partial charge in [-0.25, -0.2) is 0 Å². The van der Waals surface area contributed by atoms with Crippen LogP contribution < -0.4 is 5.32 Å². The lowest BCUT2D eigenvalue weighted by molar-refractivity contribution is 0.600. The van der Waals surface area contributed by atoms with Crippen molar-refractivity contribution in [2.24, 2.45) is 5.92 Å². The fraction of sp³-hybridized carbons (Fsp3) is 0.250. The van der Waals surface area contributed by atoms with E-state index in [1.165, 1.54) is 16.8 Å². The summed E-state index contributed by atoms with van der Waals surface area (Å²) in [5.74, 6) is 2.92. The second-order valence-corrected chi connectivity index (χ2v) is 4.37. The average Bonchev–Trinajstić information content (AvgIpc) is 2.35. The van der Waals surface area contributed by atoms with Crippen LogP contribution in [0.25, 0.3) is 0 Å². The van der Waals surface area contributed by atoms with Crippen LogP contribution in [0.15, 0.2) is 59.4 Å². The molecule has 0 saturated carbocycles. The summed E-state index contributed by atoms with van der Waals surface area (Å²) in [4.78, 5) is 0. The molecule has 0 amide bonds. The Hall–Kier alpha value is -1.94. The van der Waals surface area contributed by atoms with Crippen molar-refractivity contribution < 1.29 is 0 Å². The molecule has 2 rings (SSSR count). The Labute approximate surface area is 103 Å². The fourth-order valence-electron chi connectivity index (χ4n) is 2.23. The Kier molecular flexibility index (Phi) is 3.35. The van der Waals surface area contributed by atoms with Crippen molar-refractivity contribution >= 4 is 0 Å². The summed E-state index contributed by atoms with van der Waals surface area (Å²) in [7, 11) is 0. The van der Waals surface area contributed by atoms with Crippen molar-refractivity contribution in [3.63, 3.8) is 0 Å². The van der Waals surface area contributed by atoms with E-state index in [1.807, 2.05) is 6.08 Å². The van der Waals surface area contributed by atoms with E-state index in [0.717, 1.165) is 0 Å². The highest BCUT2D eigenvalue weighted by molar-refractivity contribution is 5.46. The highest BCUT2D eigenvalue weighted by Crippen LogP contribution is 2.31. The predicted molar refractivity (Wildman–Crippen MR) is 73.1 cm³/mol. The topological polar surface area (TPSA) is 12.0 Å². The van der Waals surface area contributed by atoms with Gasteiger partial charge in [0.15, 0.2) is 0 Å². The average molecular weight is 223 g/mol. The van der Waals surface area contributed by atoms with Gasteiger partial charge in [0.25, 0.3) is 0 Å². The lowest BCUT2D eigenvalue weighted by Gasteiger charge is -2.33. The lowest BCUT2D eigenvalue weighted by Crippen LogP contribution is -2.37. The Morgan fingerprint density at radius 2 is 2.24 bits per heavy atom. The number of allylic oxidation sites excluding steroid dienone is 6. The minimum absolute atomic E-state index is 0.307. The van der Waals surface area contributed by atoms with Gasteiger partial charge in [-0.05, 0) is 24.6 Å². The second-order valence-electron chi connectivity index (χ2n) is 4.37. The van der Waals surface area contributed by atoms with E-state index in [0.29, 0.717) is 12.0 Å². The monoisotopic (exact) mass is 223 g/mol. The third-order valence-corrected chi connectivity index (χ3v) is 3.39. The van der Waals surface area contributed by atoms with Crippen LogP contribution in [0.2, 0.25) is 0 Å². The summed E-state index contributed by atoms with van der Waals surface area (Å²) in [5.41, 5.74) is 4.04. The van der Waals surface area contributed by atoms with Crippen LogP contribution in [0.1, 0.15) is 13.8 Å². The molecule has 0 fully saturated rings. The lowest BCUT2D eigenvalue weighted by atomic mass is 9.84. The third kappa shape index (κ3) is 2.26. The number of hydrogen-bond donors (Lipinski definition) is 1. The molecular weight excluding hydrogens is 206 g/mol. The molecule has 0 bridgehead atoms. The molecule has 1 N–H and O–H groups in total. The van der Waals surface area contributed by atoms with Crippen molar-refractivity contribution in [3.8, 4) is 12.3 Å². The smallest absolute Gasteiger partial charge is 0.0697 e. The number of nitrogens with one attached hydrogen (secondary N) is 1. The maximum absolute atomic E-state index is 5.20. The van der Waals surface area contributed by atoms with Gasteiger partial charge >= 0.3 is 0 Å². The number of hydrogen-bond acceptors (Lipinski definition) is 1. The zero-order valence-corrected chi connectivity index (χ0v) is 10.3. The van der Waals surface area contributed by atoms with E-state index in [4.69, 9.17) is 6.42 Å². The molecular formula is C16H17N. The van der Waals surface area contributed by atoms with Crippen molar-refractivity contribution in [1.29, 1.82) is 0 Å². The van der Waals surface area contributed by atoms with Gasteiger partial charge in [-0.15, -0.1) is 6.42 Å². The molecule has 1 aliphatic heterocycles. The van der Waals surface area contributed by atoms with E-state index < -0.39 is 0 Å². The molecule has 0 spiro atoms. The van der Waals surface area contributed by atoms with Crippen molar-refractivity contribution in [1.82, 2.24) is 5.32 Å². The molecule has 0 radical (unpaired) electrons. The third-order valence-electron chi connectivity index (χ3n) is 3.39. The minimum atomic E-state index is 0.307. The Bertz CT molecular complexity index is 492. The van der Waals surface area contributed by atoms with Gasteiger partial charge in [0, 0.05) is 11.6 Å². The molecule has 2 aliphatic rings. The van der Waals surface area contributed by atoms with Gasteiger partial charge in [0.2, 0.25) is 0 Å². The molecule has 0 aromatic heterocycles. The molecule has 2 atom stereocenters. The minimum Gasteiger partial charge on any atom is -0.378 e. The Morgan fingerprint density at radius 1 is 1.41 bits per heavy atom. The number of terminal acetylenes is 1. The van der Waals surface area contributed by atoms with E-state index in [-0.39, 0.29) is 0 Å². The van der Waals surface area contributed by atoms with Crippen LogP contribution in [-0.2, 0) is 0 Å². The molecule has 0 aromatic carbocycles. The summed E-state index contributed by atoms with van der Waals surface area (Å²) >= 11 is 0. The summed E-state index contributed by atoms with van der Waals surface area (Å²) in [6.45, 7) is 4.42. The molecule has 0 saturated heterocycles. The molecule has 0 aromatic rings. The maximum Gasteiger partial charge on any atom is 0.0697 e. The van der Waals surface area contributed by atoms with E-state index >= 15 is 0 Å². The van der Waals surface area contributed by atoms with Crippen LogP contribution in [0, 0.1) is 18.3 Å². The van der Waals surface area contributed by atoms with E-state index in [2.05, 4.69) is 55.5 Å². The molecule has 86 valence electrons. The van der Waals surface area contributed by atoms with Gasteiger partial charge in [-0.3, -0.25) is 0 Å². The Balaban J connectivity index is 2.32. The SMILES string of the molecule is C#C/C=C\C=C1\NC2C=CC=CC2=C(C)[C@@H]1C. The largest absolute Gasteiger partial charge is 0.378 e. The Morgan fingerprint density at radius 3 is 3.00 bits per heavy atom. The van der Waals surface area contributed by atoms with Crippen LogP contribution >= 0.6 is 0 Å². The molecule has 1 nitrogen and oxygen atoms in total. The summed E-state index contributed by atoms with van der Waals surface area (Å²) < 4.78 is 0. The van der Waals surface area contributed by atoms with Crippen molar-refractivity contribution in [2.45, 2.75) is 19.9 Å². The zero-order chi connectivity index (χ0) is 12.3. The molecule has 1 heteroatoms. The van der Waals surface area contributed by atoms with Crippen LogP contribution in [0.5, 0.6) is 0 Å². The second kappa shape index (κ2) is 4.93. The van der Waals surface area contributed by atoms with Crippen molar-refractivity contribution in [2.75, 3.05) is 0 Å². The van der Waals surface area contributed by atoms with Gasteiger partial charge in [0.05, 0.1) is 6.04 Å². The maximum atomic E-state index is 5.20. The fourth-order valence-corrected chi connectivity index (χ4v) is 2.23. The van der Waals surface area contributed by atoms with Crippen LogP contribution in [0.3, 0.4) is 0 Å². The number of rotatable bonds is 1. The first kappa shape index (κ1) is 11.5. The normalized spacial score (nSPS) is 29.4. The first-order chi connectivity index (χ1) is 8.24. The first-order valence-electron chi connectivity index (χ1n) is 5.89. The summed E-state index contributed by atoms with van der Waals surface area (Å²) in [6, 6.07) is 0.307. The molecule has 17 heavy (non-hydrogen) atoms. The van der Waals surface area contributed by atoms with Crippen molar-refractivity contribution in [3.05, 3.63) is 59.4 Å². The van der Waals surface area contributed by atoms with E-state index in [1.54, 1.807) is 6.08 Å². The van der Waals surface area contributed by atoms with Gasteiger partial charge in [-0.2, -0.15) is 0 Å². The van der Waals surface area contributed by atoms with Crippen LogP contribution in [-0.4, -0.2) is 6.04 Å². The van der Waals surface area contributed by atoms with Crippen LogP contribution in [0.4, 0.5) is 0 Å². The van der Waals surface area contributed by atoms with Gasteiger partial charge in [-0.1, -0.05) is 48.8 Å². The highest BCUT2D eigenvalue weighted by Gasteiger charge is 2.25. The number of fused-ring (bicyclic) bond motifs is 1. The highest BCUT2D eigenvalue weighted by atomic mass is 14.9. The van der Waals surface area contributed by atoms with Gasteiger partial charge < -0.3 is 5.32 Å². The van der Waals surface area contributed by atoms with Gasteiger partial charge in [0.1, 0.15) is 0 Å². The predicted octanol–water partition coefficient (Wildman–Crippen LogP) is 3.11. The molecule has 1 heterocycles. The molecule has 1 aliphatic carbocycles. The zero-order valence-electron chi connectivity index (χ0n) is 10.3. The standard InChI is InChI=1S/C16H17N/c1-4-5-6-10-15-13(3)12(2)14-9-7-8-11-16(14)17-15/h1,5-11,13,16-17H,2-3H3/b6-5-,15-10+/t13-,16?/m0/s1. The van der Waals surface area contributed by atoms with E-state index in [9.17, 15) is 0 Å². The summed E-state index contributed by atoms with van der Waals surface area (Å²) in [6.07, 6.45) is 19.4. The summed E-state index contributed by atoms with van der Waals surface area (Å²) in [5, 5.41) is 3.54. The first-order valence-corrected chi connectivity index (χ1v) is 5.89.